The molecule has 30 heavy (non-hydrogen) atoms. The molecule has 0 saturated carbocycles. The third-order valence-corrected chi connectivity index (χ3v) is 5.33. The van der Waals surface area contributed by atoms with Crippen LogP contribution >= 0.6 is 11.8 Å². The molecule has 0 aliphatic heterocycles. The number of aryl methyl sites for hydroxylation is 1. The van der Waals surface area contributed by atoms with Crippen LogP contribution in [0, 0.1) is 12.7 Å². The van der Waals surface area contributed by atoms with Crippen LogP contribution in [-0.2, 0) is 6.61 Å². The highest BCUT2D eigenvalue weighted by Gasteiger charge is 2.20. The second-order valence-corrected chi connectivity index (χ2v) is 7.89. The molecule has 8 nitrogen and oxygen atoms in total. The highest BCUT2D eigenvalue weighted by atomic mass is 32.2. The van der Waals surface area contributed by atoms with Gasteiger partial charge in [0.15, 0.2) is 5.82 Å². The predicted molar refractivity (Wildman–Crippen MR) is 110 cm³/mol. The summed E-state index contributed by atoms with van der Waals surface area (Å²) in [5.41, 5.74) is 2.02. The molecule has 2 aromatic carbocycles. The van der Waals surface area contributed by atoms with E-state index < -0.39 is 0 Å². The van der Waals surface area contributed by atoms with E-state index in [2.05, 4.69) is 20.4 Å². The lowest BCUT2D eigenvalue weighted by Gasteiger charge is -2.08. The first kappa shape index (κ1) is 19.9. The summed E-state index contributed by atoms with van der Waals surface area (Å²) in [5.74, 6) is 7.62. The first-order chi connectivity index (χ1) is 14.5. The standard InChI is InChI=1S/C20H19FN6O2S/c1-12-3-5-14(6-4-12)19-25-24-18(29-19)13(2)30-20-26-23-17(27(20)22)11-28-16-9-7-15(21)8-10-16/h3-10,13H,11,22H2,1-2H3. The van der Waals surface area contributed by atoms with Crippen LogP contribution in [0.1, 0.15) is 29.5 Å². The van der Waals surface area contributed by atoms with Gasteiger partial charge in [-0.25, -0.2) is 9.07 Å². The van der Waals surface area contributed by atoms with Gasteiger partial charge in [-0.1, -0.05) is 29.5 Å². The average Bonchev–Trinajstić information content (AvgIpc) is 3.36. The molecule has 1 unspecified atom stereocenters. The SMILES string of the molecule is Cc1ccc(-c2nnc(C(C)Sc3nnc(COc4ccc(F)cc4)n3N)o2)cc1. The third-order valence-electron chi connectivity index (χ3n) is 4.29. The Kier molecular flexibility index (Phi) is 5.66. The number of nitrogens with zero attached hydrogens (tertiary/aromatic N) is 5. The van der Waals surface area contributed by atoms with Crippen LogP contribution in [-0.4, -0.2) is 25.1 Å². The Hall–Kier alpha value is -3.40. The Balaban J connectivity index is 1.40. The zero-order valence-corrected chi connectivity index (χ0v) is 17.1. The summed E-state index contributed by atoms with van der Waals surface area (Å²) >= 11 is 1.34. The van der Waals surface area contributed by atoms with E-state index in [0.717, 1.165) is 11.1 Å². The Labute approximate surface area is 176 Å². The minimum Gasteiger partial charge on any atom is -0.486 e. The van der Waals surface area contributed by atoms with Gasteiger partial charge in [0.2, 0.25) is 16.9 Å². The molecule has 2 aromatic heterocycles. The summed E-state index contributed by atoms with van der Waals surface area (Å²) < 4.78 is 25.7. The van der Waals surface area contributed by atoms with Crippen LogP contribution in [0.2, 0.25) is 0 Å². The van der Waals surface area contributed by atoms with Crippen LogP contribution in [0.3, 0.4) is 0 Å². The van der Waals surface area contributed by atoms with Gasteiger partial charge in [0.1, 0.15) is 18.2 Å². The van der Waals surface area contributed by atoms with Gasteiger partial charge in [-0.15, -0.1) is 20.4 Å². The lowest BCUT2D eigenvalue weighted by atomic mass is 10.1. The Morgan fingerprint density at radius 3 is 2.53 bits per heavy atom. The molecule has 0 aliphatic rings. The van der Waals surface area contributed by atoms with Crippen molar-refractivity contribution in [1.82, 2.24) is 25.1 Å². The monoisotopic (exact) mass is 426 g/mol. The van der Waals surface area contributed by atoms with E-state index in [4.69, 9.17) is 15.0 Å². The summed E-state index contributed by atoms with van der Waals surface area (Å²) in [6.45, 7) is 4.03. The Morgan fingerprint density at radius 2 is 1.80 bits per heavy atom. The number of rotatable bonds is 7. The molecule has 0 bridgehead atoms. The summed E-state index contributed by atoms with van der Waals surface area (Å²) in [5, 5.41) is 16.7. The average molecular weight is 426 g/mol. The fraction of sp³-hybridized carbons (Fsp3) is 0.200. The van der Waals surface area contributed by atoms with Crippen LogP contribution in [0.25, 0.3) is 11.5 Å². The van der Waals surface area contributed by atoms with Gasteiger partial charge in [0.05, 0.1) is 5.25 Å². The maximum absolute atomic E-state index is 13.0. The second-order valence-electron chi connectivity index (χ2n) is 6.58. The Bertz CT molecular complexity index is 1130. The minimum atomic E-state index is -0.330. The van der Waals surface area contributed by atoms with E-state index in [1.807, 2.05) is 38.1 Å². The highest BCUT2D eigenvalue weighted by molar-refractivity contribution is 7.99. The third kappa shape index (κ3) is 4.43. The first-order valence-electron chi connectivity index (χ1n) is 9.14. The maximum Gasteiger partial charge on any atom is 0.247 e. The zero-order chi connectivity index (χ0) is 21.1. The summed E-state index contributed by atoms with van der Waals surface area (Å²) in [7, 11) is 0. The molecule has 0 spiro atoms. The number of thioether (sulfide) groups is 1. The van der Waals surface area contributed by atoms with Gasteiger partial charge in [0, 0.05) is 5.56 Å². The van der Waals surface area contributed by atoms with Crippen molar-refractivity contribution in [3.05, 3.63) is 71.6 Å². The van der Waals surface area contributed by atoms with Crippen molar-refractivity contribution in [3.8, 4) is 17.2 Å². The van der Waals surface area contributed by atoms with Crippen LogP contribution < -0.4 is 10.6 Å². The number of nitrogen functional groups attached to an aromatic ring is 1. The molecule has 0 fully saturated rings. The molecule has 0 saturated heterocycles. The van der Waals surface area contributed by atoms with E-state index in [1.54, 1.807) is 0 Å². The molecule has 2 heterocycles. The van der Waals surface area contributed by atoms with Crippen molar-refractivity contribution in [2.45, 2.75) is 30.9 Å². The Morgan fingerprint density at radius 1 is 1.07 bits per heavy atom. The molecule has 0 amide bonds. The van der Waals surface area contributed by atoms with Crippen molar-refractivity contribution >= 4 is 11.8 Å². The molecule has 2 N–H and O–H groups in total. The van der Waals surface area contributed by atoms with E-state index in [0.29, 0.717) is 28.5 Å². The molecule has 10 heteroatoms. The molecule has 1 atom stereocenters. The molecule has 4 aromatic rings. The largest absolute Gasteiger partial charge is 0.486 e. The van der Waals surface area contributed by atoms with E-state index in [9.17, 15) is 4.39 Å². The highest BCUT2D eigenvalue weighted by Crippen LogP contribution is 2.34. The number of ether oxygens (including phenoxy) is 1. The lowest BCUT2D eigenvalue weighted by molar-refractivity contribution is 0.291. The number of hydrogen-bond acceptors (Lipinski definition) is 8. The number of halogens is 1. The molecular weight excluding hydrogens is 407 g/mol. The number of hydrogen-bond donors (Lipinski definition) is 1. The molecule has 4 rings (SSSR count). The van der Waals surface area contributed by atoms with Crippen LogP contribution in [0.5, 0.6) is 5.75 Å². The quantitative estimate of drug-likeness (QED) is 0.350. The second kappa shape index (κ2) is 8.54. The summed E-state index contributed by atoms with van der Waals surface area (Å²) in [4.78, 5) is 0. The van der Waals surface area contributed by atoms with Crippen LogP contribution in [0.15, 0.2) is 58.1 Å². The van der Waals surface area contributed by atoms with E-state index >= 15 is 0 Å². The number of aromatic nitrogens is 5. The molecular formula is C20H19FN6O2S. The van der Waals surface area contributed by atoms with Gasteiger partial charge in [-0.3, -0.25) is 0 Å². The topological polar surface area (TPSA) is 105 Å². The molecule has 154 valence electrons. The fourth-order valence-electron chi connectivity index (χ4n) is 2.58. The van der Waals surface area contributed by atoms with Crippen molar-refractivity contribution < 1.29 is 13.5 Å². The van der Waals surface area contributed by atoms with Crippen molar-refractivity contribution in [3.63, 3.8) is 0 Å². The molecule has 0 radical (unpaired) electrons. The van der Waals surface area contributed by atoms with Crippen LogP contribution in [0.4, 0.5) is 4.39 Å². The van der Waals surface area contributed by atoms with Crippen molar-refractivity contribution in [2.75, 3.05) is 5.84 Å². The van der Waals surface area contributed by atoms with Crippen molar-refractivity contribution in [2.24, 2.45) is 0 Å². The van der Waals surface area contributed by atoms with Gasteiger partial charge in [-0.05, 0) is 50.2 Å². The van der Waals surface area contributed by atoms with Gasteiger partial charge >= 0.3 is 0 Å². The van der Waals surface area contributed by atoms with E-state index in [1.165, 1.54) is 40.7 Å². The van der Waals surface area contributed by atoms with Gasteiger partial charge in [0.25, 0.3) is 0 Å². The normalized spacial score (nSPS) is 12.1. The van der Waals surface area contributed by atoms with Gasteiger partial charge < -0.3 is 15.0 Å². The molecule has 0 aliphatic carbocycles. The van der Waals surface area contributed by atoms with Gasteiger partial charge in [-0.2, -0.15) is 0 Å². The predicted octanol–water partition coefficient (Wildman–Crippen LogP) is 3.92. The maximum atomic E-state index is 13.0. The zero-order valence-electron chi connectivity index (χ0n) is 16.3. The summed E-state index contributed by atoms with van der Waals surface area (Å²) in [6.07, 6.45) is 0. The number of nitrogens with two attached hydrogens (primary N) is 1. The summed E-state index contributed by atoms with van der Waals surface area (Å²) in [6, 6.07) is 13.6. The van der Waals surface area contributed by atoms with Crippen molar-refractivity contribution in [1.29, 1.82) is 0 Å². The smallest absolute Gasteiger partial charge is 0.247 e. The van der Waals surface area contributed by atoms with E-state index in [-0.39, 0.29) is 17.7 Å². The lowest BCUT2D eigenvalue weighted by Crippen LogP contribution is -2.16. The fourth-order valence-corrected chi connectivity index (χ4v) is 3.40. The minimum absolute atomic E-state index is 0.0994. The first-order valence-corrected chi connectivity index (χ1v) is 10.0. The number of benzene rings is 2.